The van der Waals surface area contributed by atoms with Crippen LogP contribution in [0.2, 0.25) is 0 Å². The number of hydrogen-bond acceptors (Lipinski definition) is 1. The molecular weight excluding hydrogens is 194 g/mol. The topological polar surface area (TPSA) is 12.0 Å². The van der Waals surface area contributed by atoms with Crippen LogP contribution in [-0.2, 0) is 0 Å². The van der Waals surface area contributed by atoms with Crippen molar-refractivity contribution in [3.8, 4) is 0 Å². The van der Waals surface area contributed by atoms with Gasteiger partial charge >= 0.3 is 0 Å². The molecule has 0 aromatic heterocycles. The first-order valence-electron chi connectivity index (χ1n) is 7.42. The summed E-state index contributed by atoms with van der Waals surface area (Å²) in [6.07, 6.45) is 11.6. The highest BCUT2D eigenvalue weighted by molar-refractivity contribution is 4.79. The van der Waals surface area contributed by atoms with E-state index in [1.807, 2.05) is 0 Å². The summed E-state index contributed by atoms with van der Waals surface area (Å²) >= 11 is 0. The maximum atomic E-state index is 3.38. The summed E-state index contributed by atoms with van der Waals surface area (Å²) in [5.74, 6) is 2.94. The van der Waals surface area contributed by atoms with Crippen LogP contribution in [-0.4, -0.2) is 13.6 Å². The van der Waals surface area contributed by atoms with Gasteiger partial charge in [-0.3, -0.25) is 0 Å². The van der Waals surface area contributed by atoms with Gasteiger partial charge in [-0.1, -0.05) is 52.4 Å². The molecule has 1 rings (SSSR count). The molecule has 96 valence electrons. The predicted molar refractivity (Wildman–Crippen MR) is 72.7 cm³/mol. The standard InChI is InChI=1S/C15H31N/c1-4-5-6-7-8-14-11-13(2)9-10-15(14)12-16-3/h13-16H,4-12H2,1-3H3. The first kappa shape index (κ1) is 14.0. The molecule has 0 spiro atoms. The van der Waals surface area contributed by atoms with E-state index in [-0.39, 0.29) is 0 Å². The highest BCUT2D eigenvalue weighted by atomic mass is 14.8. The SMILES string of the molecule is CCCCCCC1CC(C)CCC1CNC. The van der Waals surface area contributed by atoms with Crippen LogP contribution in [0.15, 0.2) is 0 Å². The minimum absolute atomic E-state index is 0.961. The fraction of sp³-hybridized carbons (Fsp3) is 1.00. The second kappa shape index (κ2) is 8.11. The lowest BCUT2D eigenvalue weighted by molar-refractivity contribution is 0.173. The molecule has 3 atom stereocenters. The van der Waals surface area contributed by atoms with Crippen molar-refractivity contribution in [2.45, 2.75) is 65.2 Å². The summed E-state index contributed by atoms with van der Waals surface area (Å²) < 4.78 is 0. The summed E-state index contributed by atoms with van der Waals surface area (Å²) in [6, 6.07) is 0. The number of rotatable bonds is 7. The highest BCUT2D eigenvalue weighted by Gasteiger charge is 2.27. The molecule has 0 amide bonds. The Morgan fingerprint density at radius 3 is 2.56 bits per heavy atom. The van der Waals surface area contributed by atoms with E-state index in [0.717, 1.165) is 17.8 Å². The summed E-state index contributed by atoms with van der Waals surface area (Å²) in [5.41, 5.74) is 0. The highest BCUT2D eigenvalue weighted by Crippen LogP contribution is 2.36. The second-order valence-corrected chi connectivity index (χ2v) is 5.85. The minimum Gasteiger partial charge on any atom is -0.319 e. The van der Waals surface area contributed by atoms with Gasteiger partial charge in [0, 0.05) is 0 Å². The van der Waals surface area contributed by atoms with Crippen molar-refractivity contribution in [3.05, 3.63) is 0 Å². The average molecular weight is 225 g/mol. The molecule has 0 aromatic rings. The second-order valence-electron chi connectivity index (χ2n) is 5.85. The molecule has 1 fully saturated rings. The summed E-state index contributed by atoms with van der Waals surface area (Å²) in [7, 11) is 2.10. The maximum absolute atomic E-state index is 3.38. The van der Waals surface area contributed by atoms with Crippen molar-refractivity contribution in [3.63, 3.8) is 0 Å². The van der Waals surface area contributed by atoms with Crippen molar-refractivity contribution in [2.75, 3.05) is 13.6 Å². The number of unbranched alkanes of at least 4 members (excludes halogenated alkanes) is 3. The molecule has 0 radical (unpaired) electrons. The molecule has 0 saturated heterocycles. The molecular formula is C15H31N. The van der Waals surface area contributed by atoms with Gasteiger partial charge in [-0.15, -0.1) is 0 Å². The molecule has 1 heteroatoms. The number of hydrogen-bond donors (Lipinski definition) is 1. The molecule has 0 bridgehead atoms. The van der Waals surface area contributed by atoms with E-state index in [9.17, 15) is 0 Å². The molecule has 0 heterocycles. The van der Waals surface area contributed by atoms with Crippen molar-refractivity contribution >= 4 is 0 Å². The van der Waals surface area contributed by atoms with Gasteiger partial charge in [0.1, 0.15) is 0 Å². The van der Waals surface area contributed by atoms with Gasteiger partial charge in [0.05, 0.1) is 0 Å². The third kappa shape index (κ3) is 4.86. The van der Waals surface area contributed by atoms with Crippen LogP contribution >= 0.6 is 0 Å². The monoisotopic (exact) mass is 225 g/mol. The van der Waals surface area contributed by atoms with E-state index in [0.29, 0.717) is 0 Å². The lowest BCUT2D eigenvalue weighted by Crippen LogP contribution is -2.31. The van der Waals surface area contributed by atoms with Crippen LogP contribution in [0.3, 0.4) is 0 Å². The van der Waals surface area contributed by atoms with Crippen LogP contribution in [0.4, 0.5) is 0 Å². The normalized spacial score (nSPS) is 30.6. The summed E-state index contributed by atoms with van der Waals surface area (Å²) in [6.45, 7) is 5.98. The Kier molecular flexibility index (Phi) is 7.11. The van der Waals surface area contributed by atoms with Gasteiger partial charge in [0.2, 0.25) is 0 Å². The first-order valence-corrected chi connectivity index (χ1v) is 7.42. The fourth-order valence-electron chi connectivity index (χ4n) is 3.28. The fourth-order valence-corrected chi connectivity index (χ4v) is 3.28. The zero-order valence-corrected chi connectivity index (χ0v) is 11.6. The largest absolute Gasteiger partial charge is 0.319 e. The Hall–Kier alpha value is -0.0400. The predicted octanol–water partition coefficient (Wildman–Crippen LogP) is 4.23. The Balaban J connectivity index is 2.26. The van der Waals surface area contributed by atoms with Crippen LogP contribution in [0.1, 0.15) is 65.2 Å². The van der Waals surface area contributed by atoms with Gasteiger partial charge in [0.15, 0.2) is 0 Å². The van der Waals surface area contributed by atoms with Crippen LogP contribution < -0.4 is 5.32 Å². The molecule has 1 nitrogen and oxygen atoms in total. The van der Waals surface area contributed by atoms with Gasteiger partial charge < -0.3 is 5.32 Å². The van der Waals surface area contributed by atoms with Gasteiger partial charge in [0.25, 0.3) is 0 Å². The molecule has 1 N–H and O–H groups in total. The van der Waals surface area contributed by atoms with Crippen molar-refractivity contribution in [2.24, 2.45) is 17.8 Å². The lowest BCUT2D eigenvalue weighted by Gasteiger charge is -2.35. The molecule has 1 saturated carbocycles. The maximum Gasteiger partial charge on any atom is -0.00209 e. The van der Waals surface area contributed by atoms with Gasteiger partial charge in [-0.05, 0) is 44.2 Å². The van der Waals surface area contributed by atoms with E-state index in [1.54, 1.807) is 0 Å². The van der Waals surface area contributed by atoms with Gasteiger partial charge in [-0.25, -0.2) is 0 Å². The quantitative estimate of drug-likeness (QED) is 0.639. The van der Waals surface area contributed by atoms with E-state index >= 15 is 0 Å². The molecule has 3 unspecified atom stereocenters. The van der Waals surface area contributed by atoms with E-state index in [2.05, 4.69) is 26.2 Å². The zero-order valence-electron chi connectivity index (χ0n) is 11.6. The van der Waals surface area contributed by atoms with Crippen LogP contribution in [0.5, 0.6) is 0 Å². The van der Waals surface area contributed by atoms with E-state index in [1.165, 1.54) is 57.9 Å². The van der Waals surface area contributed by atoms with Crippen molar-refractivity contribution in [1.29, 1.82) is 0 Å². The summed E-state index contributed by atoms with van der Waals surface area (Å²) in [5, 5.41) is 3.38. The first-order chi connectivity index (χ1) is 7.77. The average Bonchev–Trinajstić information content (AvgIpc) is 2.28. The Bertz CT molecular complexity index is 167. The van der Waals surface area contributed by atoms with Crippen LogP contribution in [0.25, 0.3) is 0 Å². The lowest BCUT2D eigenvalue weighted by atomic mass is 9.72. The summed E-state index contributed by atoms with van der Waals surface area (Å²) in [4.78, 5) is 0. The number of nitrogens with one attached hydrogen (secondary N) is 1. The van der Waals surface area contributed by atoms with E-state index < -0.39 is 0 Å². The third-order valence-corrected chi connectivity index (χ3v) is 4.30. The Labute approximate surface area is 102 Å². The van der Waals surface area contributed by atoms with Crippen LogP contribution in [0, 0.1) is 17.8 Å². The molecule has 16 heavy (non-hydrogen) atoms. The van der Waals surface area contributed by atoms with Crippen molar-refractivity contribution < 1.29 is 0 Å². The van der Waals surface area contributed by atoms with E-state index in [4.69, 9.17) is 0 Å². The molecule has 0 aliphatic heterocycles. The molecule has 0 aromatic carbocycles. The zero-order chi connectivity index (χ0) is 11.8. The Morgan fingerprint density at radius 1 is 1.06 bits per heavy atom. The minimum atomic E-state index is 0.961. The van der Waals surface area contributed by atoms with Gasteiger partial charge in [-0.2, -0.15) is 0 Å². The third-order valence-electron chi connectivity index (χ3n) is 4.30. The molecule has 1 aliphatic rings. The molecule has 1 aliphatic carbocycles. The van der Waals surface area contributed by atoms with Crippen molar-refractivity contribution in [1.82, 2.24) is 5.32 Å². The Morgan fingerprint density at radius 2 is 1.88 bits per heavy atom. The smallest absolute Gasteiger partial charge is 0.00209 e.